The number of likely N-dealkylation sites (tertiary alicyclic amines) is 1. The number of rotatable bonds is 7. The first-order valence-corrected chi connectivity index (χ1v) is 9.19. The van der Waals surface area contributed by atoms with Gasteiger partial charge in [0.15, 0.2) is 0 Å². The van der Waals surface area contributed by atoms with Gasteiger partial charge in [-0.3, -0.25) is 9.69 Å². The minimum atomic E-state index is -0.0123. The first-order valence-electron chi connectivity index (χ1n) is 8.31. The monoisotopic (exact) mass is 333 g/mol. The fraction of sp³-hybridized carbons (Fsp3) is 0.556. The minimum absolute atomic E-state index is 0.00587. The van der Waals surface area contributed by atoms with Crippen molar-refractivity contribution in [3.05, 3.63) is 40.9 Å². The van der Waals surface area contributed by atoms with Crippen LogP contribution >= 0.6 is 11.3 Å². The number of hydrogen-bond donors (Lipinski definition) is 1. The Balaban J connectivity index is 2.01. The third kappa shape index (κ3) is 5.29. The quantitative estimate of drug-likeness (QED) is 0.776. The van der Waals surface area contributed by atoms with Crippen molar-refractivity contribution in [1.29, 1.82) is 0 Å². The van der Waals surface area contributed by atoms with Crippen molar-refractivity contribution in [3.63, 3.8) is 0 Å². The van der Waals surface area contributed by atoms with Crippen LogP contribution in [0.5, 0.6) is 0 Å². The Bertz CT molecular complexity index is 538. The molecule has 1 aliphatic rings. The lowest BCUT2D eigenvalue weighted by Gasteiger charge is -2.24. The highest BCUT2D eigenvalue weighted by atomic mass is 32.1. The van der Waals surface area contributed by atoms with Gasteiger partial charge in [-0.2, -0.15) is 0 Å². The molecule has 0 spiro atoms. The summed E-state index contributed by atoms with van der Waals surface area (Å²) in [5.74, 6) is 0.511. The van der Waals surface area contributed by atoms with E-state index < -0.39 is 0 Å². The number of carbonyl (C=O) groups excluding carboxylic acids is 1. The van der Waals surface area contributed by atoms with E-state index in [0.717, 1.165) is 30.8 Å². The fourth-order valence-corrected chi connectivity index (χ4v) is 3.66. The predicted octanol–water partition coefficient (Wildman–Crippen LogP) is 3.55. The van der Waals surface area contributed by atoms with Crippen LogP contribution in [0, 0.1) is 5.92 Å². The topological polar surface area (TPSA) is 45.2 Å². The Hall–Kier alpha value is -1.46. The molecule has 3 atom stereocenters. The highest BCUT2D eigenvalue weighted by Gasteiger charge is 2.30. The van der Waals surface area contributed by atoms with Crippen LogP contribution in [0.25, 0.3) is 0 Å². The summed E-state index contributed by atoms with van der Waals surface area (Å²) in [7, 11) is 2.03. The molecule has 2 rings (SSSR count). The summed E-state index contributed by atoms with van der Waals surface area (Å²) in [5.41, 5.74) is 0. The van der Waals surface area contributed by atoms with E-state index in [1.807, 2.05) is 31.5 Å². The van der Waals surface area contributed by atoms with Crippen molar-refractivity contribution >= 4 is 17.2 Å². The number of amides is 1. The molecular weight excluding hydrogens is 306 g/mol. The fourth-order valence-electron chi connectivity index (χ4n) is 2.95. The number of hydrogen-bond acceptors (Lipinski definition) is 4. The van der Waals surface area contributed by atoms with E-state index in [0.29, 0.717) is 5.92 Å². The minimum Gasteiger partial charge on any atom is -0.345 e. The van der Waals surface area contributed by atoms with Gasteiger partial charge in [0.05, 0.1) is 12.1 Å². The summed E-state index contributed by atoms with van der Waals surface area (Å²) in [6.07, 6.45) is 13.0. The van der Waals surface area contributed by atoms with Crippen LogP contribution in [0.2, 0.25) is 0 Å². The molecule has 0 aromatic carbocycles. The Morgan fingerprint density at radius 3 is 3.00 bits per heavy atom. The molecule has 3 unspecified atom stereocenters. The molecule has 2 heterocycles. The first kappa shape index (κ1) is 17.9. The summed E-state index contributed by atoms with van der Waals surface area (Å²) in [6, 6.07) is -0.00640. The average molecular weight is 334 g/mol. The molecule has 1 N–H and O–H groups in total. The molecule has 0 bridgehead atoms. The summed E-state index contributed by atoms with van der Waals surface area (Å²) in [5, 5.41) is 6.19. The van der Waals surface area contributed by atoms with Gasteiger partial charge in [-0.15, -0.1) is 11.3 Å². The van der Waals surface area contributed by atoms with Crippen LogP contribution in [0.4, 0.5) is 0 Å². The van der Waals surface area contributed by atoms with Gasteiger partial charge < -0.3 is 5.32 Å². The lowest BCUT2D eigenvalue weighted by atomic mass is 10.0. The van der Waals surface area contributed by atoms with Gasteiger partial charge in [-0.25, -0.2) is 4.98 Å². The van der Waals surface area contributed by atoms with Crippen molar-refractivity contribution in [2.75, 3.05) is 13.6 Å². The zero-order chi connectivity index (χ0) is 16.7. The van der Waals surface area contributed by atoms with Crippen molar-refractivity contribution in [2.45, 2.75) is 45.2 Å². The second kappa shape index (κ2) is 8.99. The summed E-state index contributed by atoms with van der Waals surface area (Å²) < 4.78 is 0. The largest absolute Gasteiger partial charge is 0.345 e. The summed E-state index contributed by atoms with van der Waals surface area (Å²) in [4.78, 5) is 19.2. The molecule has 1 aromatic rings. The van der Waals surface area contributed by atoms with E-state index in [-0.39, 0.29) is 18.0 Å². The van der Waals surface area contributed by atoms with Crippen LogP contribution in [0.1, 0.15) is 44.2 Å². The molecule has 0 saturated carbocycles. The molecular formula is C18H27N3OS. The van der Waals surface area contributed by atoms with E-state index in [2.05, 4.69) is 34.3 Å². The standard InChI is InChI=1S/C18H27N3OS/c1-4-5-6-8-14(2)13-15(18-19-10-12-23-18)20-17(22)16-9-7-11-21(16)3/h4-6,8,10,12,14-16H,7,9,11,13H2,1-3H3,(H,20,22)/b5-4-,8-6-. The molecule has 0 aliphatic carbocycles. The molecule has 23 heavy (non-hydrogen) atoms. The predicted molar refractivity (Wildman–Crippen MR) is 96.4 cm³/mol. The van der Waals surface area contributed by atoms with E-state index >= 15 is 0 Å². The molecule has 0 radical (unpaired) electrons. The normalized spacial score (nSPS) is 22.0. The second-order valence-electron chi connectivity index (χ2n) is 6.19. The molecule has 1 amide bonds. The van der Waals surface area contributed by atoms with Crippen LogP contribution in [0.3, 0.4) is 0 Å². The van der Waals surface area contributed by atoms with Gasteiger partial charge in [-0.05, 0) is 45.7 Å². The summed E-state index contributed by atoms with van der Waals surface area (Å²) >= 11 is 1.61. The smallest absolute Gasteiger partial charge is 0.237 e. The van der Waals surface area contributed by atoms with Crippen molar-refractivity contribution in [2.24, 2.45) is 5.92 Å². The molecule has 126 valence electrons. The van der Waals surface area contributed by atoms with Gasteiger partial charge in [0.2, 0.25) is 5.91 Å². The second-order valence-corrected chi connectivity index (χ2v) is 7.12. The van der Waals surface area contributed by atoms with Gasteiger partial charge in [-0.1, -0.05) is 31.2 Å². The van der Waals surface area contributed by atoms with Crippen LogP contribution in [-0.4, -0.2) is 35.4 Å². The molecule has 4 nitrogen and oxygen atoms in total. The Morgan fingerprint density at radius 2 is 2.39 bits per heavy atom. The maximum absolute atomic E-state index is 12.6. The third-order valence-corrected chi connectivity index (χ3v) is 5.13. The molecule has 1 fully saturated rings. The maximum Gasteiger partial charge on any atom is 0.237 e. The first-order chi connectivity index (χ1) is 11.1. The Kier molecular flexibility index (Phi) is 6.99. The zero-order valence-electron chi connectivity index (χ0n) is 14.2. The number of carbonyl (C=O) groups is 1. The highest BCUT2D eigenvalue weighted by molar-refractivity contribution is 7.09. The van der Waals surface area contributed by atoms with Gasteiger partial charge in [0.25, 0.3) is 0 Å². The van der Waals surface area contributed by atoms with E-state index in [9.17, 15) is 4.79 Å². The van der Waals surface area contributed by atoms with E-state index in [1.165, 1.54) is 0 Å². The number of likely N-dealkylation sites (N-methyl/N-ethyl adjacent to an activating group) is 1. The molecule has 5 heteroatoms. The number of allylic oxidation sites excluding steroid dienone is 4. The summed E-state index contributed by atoms with van der Waals surface area (Å²) in [6.45, 7) is 5.18. The highest BCUT2D eigenvalue weighted by Crippen LogP contribution is 2.25. The van der Waals surface area contributed by atoms with Gasteiger partial charge in [0.1, 0.15) is 5.01 Å². The lowest BCUT2D eigenvalue weighted by molar-refractivity contribution is -0.125. The van der Waals surface area contributed by atoms with Crippen molar-refractivity contribution < 1.29 is 4.79 Å². The molecule has 1 aromatic heterocycles. The van der Waals surface area contributed by atoms with Crippen LogP contribution in [-0.2, 0) is 4.79 Å². The van der Waals surface area contributed by atoms with Crippen molar-refractivity contribution in [3.8, 4) is 0 Å². The Morgan fingerprint density at radius 1 is 1.57 bits per heavy atom. The SMILES string of the molecule is C/C=C\C=C/C(C)CC(NC(=O)C1CCCN1C)c1nccs1. The molecule has 1 aliphatic heterocycles. The van der Waals surface area contributed by atoms with Gasteiger partial charge >= 0.3 is 0 Å². The maximum atomic E-state index is 12.6. The molecule has 1 saturated heterocycles. The van der Waals surface area contributed by atoms with Crippen LogP contribution < -0.4 is 5.32 Å². The Labute approximate surface area is 143 Å². The van der Waals surface area contributed by atoms with E-state index in [4.69, 9.17) is 0 Å². The number of nitrogens with zero attached hydrogens (tertiary/aromatic N) is 2. The van der Waals surface area contributed by atoms with Crippen LogP contribution in [0.15, 0.2) is 35.9 Å². The average Bonchev–Trinajstić information content (AvgIpc) is 3.18. The number of thiazole rings is 1. The van der Waals surface area contributed by atoms with E-state index in [1.54, 1.807) is 17.5 Å². The lowest BCUT2D eigenvalue weighted by Crippen LogP contribution is -2.43. The van der Waals surface area contributed by atoms with Gasteiger partial charge in [0, 0.05) is 11.6 Å². The zero-order valence-corrected chi connectivity index (χ0v) is 15.1. The third-order valence-electron chi connectivity index (χ3n) is 4.24. The number of nitrogens with one attached hydrogen (secondary N) is 1. The number of aromatic nitrogens is 1. The van der Waals surface area contributed by atoms with Crippen molar-refractivity contribution in [1.82, 2.24) is 15.2 Å².